The summed E-state index contributed by atoms with van der Waals surface area (Å²) in [5.74, 6) is -0.250. The summed E-state index contributed by atoms with van der Waals surface area (Å²) in [7, 11) is 0. The number of hydrogen-bond donors (Lipinski definition) is 1. The molecule has 0 aromatic heterocycles. The Hall–Kier alpha value is -2.33. The molecule has 0 unspecified atom stereocenters. The maximum atomic E-state index is 12.0. The number of nitrogens with zero attached hydrogens (tertiary/aromatic N) is 1. The van der Waals surface area contributed by atoms with Crippen molar-refractivity contribution in [3.63, 3.8) is 0 Å². The first-order chi connectivity index (χ1) is 10.6. The minimum atomic E-state index is -0.187. The number of benzene rings is 2. The predicted molar refractivity (Wildman–Crippen MR) is 88.3 cm³/mol. The lowest BCUT2D eigenvalue weighted by molar-refractivity contribution is -0.116. The van der Waals surface area contributed by atoms with Gasteiger partial charge in [-0.15, -0.1) is 0 Å². The van der Waals surface area contributed by atoms with Crippen LogP contribution in [0.15, 0.2) is 54.6 Å². The molecule has 0 aliphatic rings. The van der Waals surface area contributed by atoms with Crippen molar-refractivity contribution in [3.8, 4) is 0 Å². The standard InChI is InChI=1S/C17H17ClN2O2/c1-13(21)20(16-5-3-2-4-6-16)12-11-19-17(22)14-7-9-15(18)10-8-14/h2-10H,11-12H2,1H3,(H,19,22). The molecule has 114 valence electrons. The number of nitrogens with one attached hydrogen (secondary N) is 1. The number of para-hydroxylation sites is 1. The Bertz CT molecular complexity index is 641. The van der Waals surface area contributed by atoms with E-state index in [9.17, 15) is 9.59 Å². The molecule has 4 nitrogen and oxygen atoms in total. The molecular formula is C17H17ClN2O2. The quantitative estimate of drug-likeness (QED) is 0.921. The van der Waals surface area contributed by atoms with Gasteiger partial charge in [0.2, 0.25) is 5.91 Å². The molecule has 1 N–H and O–H groups in total. The summed E-state index contributed by atoms with van der Waals surface area (Å²) >= 11 is 5.79. The molecule has 2 aromatic rings. The van der Waals surface area contributed by atoms with Gasteiger partial charge in [-0.1, -0.05) is 29.8 Å². The number of hydrogen-bond acceptors (Lipinski definition) is 2. The van der Waals surface area contributed by atoms with Gasteiger partial charge in [-0.2, -0.15) is 0 Å². The molecule has 0 saturated carbocycles. The van der Waals surface area contributed by atoms with Crippen molar-refractivity contribution in [2.24, 2.45) is 0 Å². The van der Waals surface area contributed by atoms with Crippen LogP contribution in [-0.2, 0) is 4.79 Å². The average Bonchev–Trinajstić information content (AvgIpc) is 2.52. The zero-order valence-electron chi connectivity index (χ0n) is 12.3. The third kappa shape index (κ3) is 4.33. The molecule has 0 aliphatic carbocycles. The number of halogens is 1. The highest BCUT2D eigenvalue weighted by Gasteiger charge is 2.11. The number of anilines is 1. The zero-order chi connectivity index (χ0) is 15.9. The summed E-state index contributed by atoms with van der Waals surface area (Å²) in [6.07, 6.45) is 0. The molecule has 0 heterocycles. The number of carbonyl (C=O) groups is 2. The Kier molecular flexibility index (Phi) is 5.55. The van der Waals surface area contributed by atoms with Crippen LogP contribution in [0.1, 0.15) is 17.3 Å². The van der Waals surface area contributed by atoms with Gasteiger partial charge in [0, 0.05) is 36.3 Å². The van der Waals surface area contributed by atoms with Gasteiger partial charge < -0.3 is 10.2 Å². The van der Waals surface area contributed by atoms with E-state index >= 15 is 0 Å². The van der Waals surface area contributed by atoms with E-state index < -0.39 is 0 Å². The SMILES string of the molecule is CC(=O)N(CCNC(=O)c1ccc(Cl)cc1)c1ccccc1. The Labute approximate surface area is 134 Å². The molecule has 2 amide bonds. The topological polar surface area (TPSA) is 49.4 Å². The van der Waals surface area contributed by atoms with Gasteiger partial charge in [-0.05, 0) is 36.4 Å². The van der Waals surface area contributed by atoms with Crippen molar-refractivity contribution in [2.45, 2.75) is 6.92 Å². The first-order valence-corrected chi connectivity index (χ1v) is 7.32. The van der Waals surface area contributed by atoms with Crippen LogP contribution in [0, 0.1) is 0 Å². The van der Waals surface area contributed by atoms with Crippen LogP contribution in [0.5, 0.6) is 0 Å². The molecule has 0 radical (unpaired) electrons. The van der Waals surface area contributed by atoms with Gasteiger partial charge in [0.15, 0.2) is 0 Å². The van der Waals surface area contributed by atoms with E-state index in [4.69, 9.17) is 11.6 Å². The van der Waals surface area contributed by atoms with Gasteiger partial charge in [-0.3, -0.25) is 9.59 Å². The zero-order valence-corrected chi connectivity index (χ0v) is 13.0. The summed E-state index contributed by atoms with van der Waals surface area (Å²) in [5.41, 5.74) is 1.36. The van der Waals surface area contributed by atoms with Crippen LogP contribution < -0.4 is 10.2 Å². The lowest BCUT2D eigenvalue weighted by atomic mass is 10.2. The van der Waals surface area contributed by atoms with Crippen LogP contribution >= 0.6 is 11.6 Å². The highest BCUT2D eigenvalue weighted by Crippen LogP contribution is 2.13. The van der Waals surface area contributed by atoms with Crippen LogP contribution in [0.4, 0.5) is 5.69 Å². The summed E-state index contributed by atoms with van der Waals surface area (Å²) in [6.45, 7) is 2.29. The molecule has 22 heavy (non-hydrogen) atoms. The largest absolute Gasteiger partial charge is 0.350 e. The summed E-state index contributed by atoms with van der Waals surface area (Å²) in [6, 6.07) is 16.0. The molecule has 0 bridgehead atoms. The van der Waals surface area contributed by atoms with Gasteiger partial charge in [0.05, 0.1) is 0 Å². The Morgan fingerprint density at radius 3 is 2.27 bits per heavy atom. The molecule has 2 aromatic carbocycles. The Morgan fingerprint density at radius 2 is 1.68 bits per heavy atom. The Balaban J connectivity index is 1.92. The highest BCUT2D eigenvalue weighted by atomic mass is 35.5. The molecule has 0 saturated heterocycles. The van der Waals surface area contributed by atoms with E-state index in [1.807, 2.05) is 30.3 Å². The average molecular weight is 317 g/mol. The van der Waals surface area contributed by atoms with E-state index in [0.29, 0.717) is 23.7 Å². The molecule has 0 aliphatic heterocycles. The minimum Gasteiger partial charge on any atom is -0.350 e. The minimum absolute atomic E-state index is 0.0630. The second-order valence-corrected chi connectivity index (χ2v) is 5.21. The van der Waals surface area contributed by atoms with E-state index in [2.05, 4.69) is 5.32 Å². The smallest absolute Gasteiger partial charge is 0.251 e. The molecule has 0 spiro atoms. The first kappa shape index (κ1) is 16.0. The lowest BCUT2D eigenvalue weighted by Crippen LogP contribution is -2.37. The fourth-order valence-corrected chi connectivity index (χ4v) is 2.19. The molecule has 2 rings (SSSR count). The summed E-state index contributed by atoms with van der Waals surface area (Å²) < 4.78 is 0. The normalized spacial score (nSPS) is 10.1. The van der Waals surface area contributed by atoms with Gasteiger partial charge in [-0.25, -0.2) is 0 Å². The van der Waals surface area contributed by atoms with E-state index in [0.717, 1.165) is 5.69 Å². The molecule has 5 heteroatoms. The second-order valence-electron chi connectivity index (χ2n) is 4.77. The third-order valence-electron chi connectivity index (χ3n) is 3.18. The number of rotatable bonds is 5. The maximum Gasteiger partial charge on any atom is 0.251 e. The van der Waals surface area contributed by atoms with Crippen LogP contribution in [0.3, 0.4) is 0 Å². The predicted octanol–water partition coefficient (Wildman–Crippen LogP) is 3.12. The third-order valence-corrected chi connectivity index (χ3v) is 3.43. The van der Waals surface area contributed by atoms with Gasteiger partial charge in [0.1, 0.15) is 0 Å². The van der Waals surface area contributed by atoms with E-state index in [1.54, 1.807) is 29.2 Å². The van der Waals surface area contributed by atoms with Crippen molar-refractivity contribution < 1.29 is 9.59 Å². The molecule has 0 fully saturated rings. The van der Waals surface area contributed by atoms with Crippen molar-refractivity contribution in [1.82, 2.24) is 5.32 Å². The van der Waals surface area contributed by atoms with Gasteiger partial charge in [0.25, 0.3) is 5.91 Å². The number of amides is 2. The van der Waals surface area contributed by atoms with Crippen molar-refractivity contribution in [2.75, 3.05) is 18.0 Å². The molecule has 0 atom stereocenters. The van der Waals surface area contributed by atoms with Crippen LogP contribution in [-0.4, -0.2) is 24.9 Å². The highest BCUT2D eigenvalue weighted by molar-refractivity contribution is 6.30. The fraction of sp³-hybridized carbons (Fsp3) is 0.176. The summed E-state index contributed by atoms with van der Waals surface area (Å²) in [5, 5.41) is 3.38. The van der Waals surface area contributed by atoms with Crippen molar-refractivity contribution in [3.05, 3.63) is 65.2 Å². The van der Waals surface area contributed by atoms with E-state index in [1.165, 1.54) is 6.92 Å². The van der Waals surface area contributed by atoms with Crippen LogP contribution in [0.2, 0.25) is 5.02 Å². The monoisotopic (exact) mass is 316 g/mol. The van der Waals surface area contributed by atoms with E-state index in [-0.39, 0.29) is 11.8 Å². The summed E-state index contributed by atoms with van der Waals surface area (Å²) in [4.78, 5) is 25.3. The van der Waals surface area contributed by atoms with Crippen molar-refractivity contribution in [1.29, 1.82) is 0 Å². The van der Waals surface area contributed by atoms with Crippen molar-refractivity contribution >= 4 is 29.1 Å². The maximum absolute atomic E-state index is 12.0. The number of carbonyl (C=O) groups excluding carboxylic acids is 2. The van der Waals surface area contributed by atoms with Crippen LogP contribution in [0.25, 0.3) is 0 Å². The second kappa shape index (κ2) is 7.61. The lowest BCUT2D eigenvalue weighted by Gasteiger charge is -2.21. The fourth-order valence-electron chi connectivity index (χ4n) is 2.06. The Morgan fingerprint density at radius 1 is 1.05 bits per heavy atom. The first-order valence-electron chi connectivity index (χ1n) is 6.95. The van der Waals surface area contributed by atoms with Gasteiger partial charge >= 0.3 is 0 Å². The molecular weight excluding hydrogens is 300 g/mol.